The smallest absolute Gasteiger partial charge is 0.182 e. The van der Waals surface area contributed by atoms with Crippen molar-refractivity contribution in [2.75, 3.05) is 11.9 Å². The van der Waals surface area contributed by atoms with E-state index < -0.39 is 0 Å². The molecule has 2 heterocycles. The van der Waals surface area contributed by atoms with E-state index in [-0.39, 0.29) is 11.7 Å². The van der Waals surface area contributed by atoms with Crippen LogP contribution in [0.3, 0.4) is 0 Å². The number of para-hydroxylation sites is 1. The van der Waals surface area contributed by atoms with Crippen LogP contribution in [0.2, 0.25) is 0 Å². The summed E-state index contributed by atoms with van der Waals surface area (Å²) in [6, 6.07) is 10.1. The summed E-state index contributed by atoms with van der Waals surface area (Å²) in [7, 11) is 0. The van der Waals surface area contributed by atoms with Crippen LogP contribution in [0.4, 0.5) is 5.69 Å². The maximum atomic E-state index is 12.5. The van der Waals surface area contributed by atoms with E-state index in [1.54, 1.807) is 11.3 Å². The van der Waals surface area contributed by atoms with E-state index in [0.29, 0.717) is 0 Å². The molecule has 0 saturated carbocycles. The average molecular weight is 243 g/mol. The Hall–Kier alpha value is -1.61. The number of aryl methyl sites for hydroxylation is 1. The van der Waals surface area contributed by atoms with Crippen LogP contribution >= 0.6 is 11.3 Å². The predicted octanol–water partition coefficient (Wildman–Crippen LogP) is 3.45. The molecule has 0 radical (unpaired) electrons. The van der Waals surface area contributed by atoms with Crippen LogP contribution < -0.4 is 5.32 Å². The Morgan fingerprint density at radius 3 is 2.94 bits per heavy atom. The Kier molecular flexibility index (Phi) is 2.48. The Labute approximate surface area is 104 Å². The number of hydrogen-bond acceptors (Lipinski definition) is 3. The highest BCUT2D eigenvalue weighted by molar-refractivity contribution is 7.12. The molecule has 1 aliphatic rings. The van der Waals surface area contributed by atoms with Gasteiger partial charge in [-0.1, -0.05) is 18.2 Å². The summed E-state index contributed by atoms with van der Waals surface area (Å²) >= 11 is 1.54. The molecule has 1 aromatic heterocycles. The van der Waals surface area contributed by atoms with Crippen LogP contribution in [0, 0.1) is 6.92 Å². The van der Waals surface area contributed by atoms with Gasteiger partial charge in [0, 0.05) is 12.2 Å². The standard InChI is InChI=1S/C14H13NOS/c1-9-6-7-17-14(9)13(16)11-8-15-12-5-3-2-4-10(11)12/h2-7,11,15H,8H2,1H3. The molecule has 1 N–H and O–H groups in total. The number of carbonyl (C=O) groups is 1. The van der Waals surface area contributed by atoms with Gasteiger partial charge in [-0.15, -0.1) is 11.3 Å². The average Bonchev–Trinajstić information content (AvgIpc) is 2.94. The van der Waals surface area contributed by atoms with Crippen molar-refractivity contribution in [1.82, 2.24) is 0 Å². The third kappa shape index (κ3) is 1.67. The van der Waals surface area contributed by atoms with Gasteiger partial charge in [-0.05, 0) is 35.6 Å². The van der Waals surface area contributed by atoms with Gasteiger partial charge in [-0.25, -0.2) is 0 Å². The lowest BCUT2D eigenvalue weighted by atomic mass is 9.95. The van der Waals surface area contributed by atoms with Crippen molar-refractivity contribution in [3.8, 4) is 0 Å². The van der Waals surface area contributed by atoms with E-state index in [2.05, 4.69) is 5.32 Å². The van der Waals surface area contributed by atoms with Gasteiger partial charge in [0.15, 0.2) is 5.78 Å². The summed E-state index contributed by atoms with van der Waals surface area (Å²) in [6.07, 6.45) is 0. The lowest BCUT2D eigenvalue weighted by molar-refractivity contribution is 0.0970. The molecule has 0 fully saturated rings. The predicted molar refractivity (Wildman–Crippen MR) is 71.1 cm³/mol. The molecule has 1 aromatic carbocycles. The molecule has 2 aromatic rings. The monoisotopic (exact) mass is 243 g/mol. The lowest BCUT2D eigenvalue weighted by Gasteiger charge is -2.08. The fraction of sp³-hybridized carbons (Fsp3) is 0.214. The molecule has 0 bridgehead atoms. The number of carbonyl (C=O) groups excluding carboxylic acids is 1. The van der Waals surface area contributed by atoms with Gasteiger partial charge < -0.3 is 5.32 Å². The molecule has 1 atom stereocenters. The summed E-state index contributed by atoms with van der Waals surface area (Å²) in [5.41, 5.74) is 3.31. The van der Waals surface area contributed by atoms with E-state index in [0.717, 1.165) is 28.2 Å². The molecular formula is C14H13NOS. The van der Waals surface area contributed by atoms with Crippen molar-refractivity contribution in [2.24, 2.45) is 0 Å². The van der Waals surface area contributed by atoms with Gasteiger partial charge in [0.05, 0.1) is 10.8 Å². The minimum Gasteiger partial charge on any atom is -0.384 e. The second-order valence-electron chi connectivity index (χ2n) is 4.32. The minimum atomic E-state index is -0.0245. The molecule has 2 nitrogen and oxygen atoms in total. The summed E-state index contributed by atoms with van der Waals surface area (Å²) < 4.78 is 0. The molecule has 17 heavy (non-hydrogen) atoms. The van der Waals surface area contributed by atoms with Crippen LogP contribution in [0.5, 0.6) is 0 Å². The van der Waals surface area contributed by atoms with Crippen LogP contribution in [-0.4, -0.2) is 12.3 Å². The highest BCUT2D eigenvalue weighted by Crippen LogP contribution is 2.34. The molecule has 0 spiro atoms. The maximum Gasteiger partial charge on any atom is 0.182 e. The number of nitrogens with one attached hydrogen (secondary N) is 1. The second-order valence-corrected chi connectivity index (χ2v) is 5.23. The number of Topliss-reactive ketones (excluding diaryl/α,β-unsaturated/α-hetero) is 1. The van der Waals surface area contributed by atoms with Crippen LogP contribution in [0.25, 0.3) is 0 Å². The van der Waals surface area contributed by atoms with Crippen LogP contribution in [0.15, 0.2) is 35.7 Å². The fourth-order valence-corrected chi connectivity index (χ4v) is 3.22. The van der Waals surface area contributed by atoms with Gasteiger partial charge in [-0.3, -0.25) is 4.79 Å². The number of benzene rings is 1. The molecular weight excluding hydrogens is 230 g/mol. The summed E-state index contributed by atoms with van der Waals surface area (Å²) in [6.45, 7) is 2.72. The van der Waals surface area contributed by atoms with Gasteiger partial charge in [0.2, 0.25) is 0 Å². The molecule has 0 saturated heterocycles. The van der Waals surface area contributed by atoms with Crippen molar-refractivity contribution in [1.29, 1.82) is 0 Å². The number of fused-ring (bicyclic) bond motifs is 1. The largest absolute Gasteiger partial charge is 0.384 e. The van der Waals surface area contributed by atoms with Gasteiger partial charge in [0.25, 0.3) is 0 Å². The lowest BCUT2D eigenvalue weighted by Crippen LogP contribution is -2.14. The van der Waals surface area contributed by atoms with E-state index in [1.807, 2.05) is 42.6 Å². The Morgan fingerprint density at radius 1 is 1.35 bits per heavy atom. The highest BCUT2D eigenvalue weighted by atomic mass is 32.1. The molecule has 3 rings (SSSR count). The molecule has 1 unspecified atom stereocenters. The Balaban J connectivity index is 1.98. The van der Waals surface area contributed by atoms with E-state index in [4.69, 9.17) is 0 Å². The zero-order valence-electron chi connectivity index (χ0n) is 9.57. The fourth-order valence-electron chi connectivity index (χ4n) is 2.30. The summed E-state index contributed by atoms with van der Waals surface area (Å²) in [5.74, 6) is 0.221. The minimum absolute atomic E-state index is 0.0245. The second kappa shape index (κ2) is 4.00. The van der Waals surface area contributed by atoms with Crippen molar-refractivity contribution in [2.45, 2.75) is 12.8 Å². The zero-order chi connectivity index (χ0) is 11.8. The van der Waals surface area contributed by atoms with Crippen molar-refractivity contribution >= 4 is 22.8 Å². The third-order valence-electron chi connectivity index (χ3n) is 3.24. The molecule has 86 valence electrons. The van der Waals surface area contributed by atoms with Gasteiger partial charge in [0.1, 0.15) is 0 Å². The van der Waals surface area contributed by atoms with Crippen molar-refractivity contribution in [3.05, 3.63) is 51.7 Å². The SMILES string of the molecule is Cc1ccsc1C(=O)C1CNc2ccccc21. The van der Waals surface area contributed by atoms with Crippen LogP contribution in [0.1, 0.15) is 26.7 Å². The number of anilines is 1. The Morgan fingerprint density at radius 2 is 2.18 bits per heavy atom. The van der Waals surface area contributed by atoms with E-state index in [1.165, 1.54) is 0 Å². The number of thiophene rings is 1. The van der Waals surface area contributed by atoms with Gasteiger partial charge in [-0.2, -0.15) is 0 Å². The first-order chi connectivity index (χ1) is 8.27. The van der Waals surface area contributed by atoms with Gasteiger partial charge >= 0.3 is 0 Å². The number of hydrogen-bond donors (Lipinski definition) is 1. The Bertz CT molecular complexity index is 573. The number of rotatable bonds is 2. The third-order valence-corrected chi connectivity index (χ3v) is 4.27. The number of ketones is 1. The first-order valence-corrected chi connectivity index (χ1v) is 6.56. The normalized spacial score (nSPS) is 17.6. The zero-order valence-corrected chi connectivity index (χ0v) is 10.4. The van der Waals surface area contributed by atoms with E-state index in [9.17, 15) is 4.79 Å². The van der Waals surface area contributed by atoms with Crippen LogP contribution in [-0.2, 0) is 0 Å². The molecule has 0 aliphatic carbocycles. The summed E-state index contributed by atoms with van der Waals surface area (Å²) in [5, 5.41) is 5.28. The van der Waals surface area contributed by atoms with Crippen molar-refractivity contribution < 1.29 is 4.79 Å². The van der Waals surface area contributed by atoms with Crippen molar-refractivity contribution in [3.63, 3.8) is 0 Å². The molecule has 0 amide bonds. The topological polar surface area (TPSA) is 29.1 Å². The molecule has 3 heteroatoms. The molecule has 1 aliphatic heterocycles. The quantitative estimate of drug-likeness (QED) is 0.818. The summed E-state index contributed by atoms with van der Waals surface area (Å²) in [4.78, 5) is 13.4. The van der Waals surface area contributed by atoms with E-state index >= 15 is 0 Å². The highest BCUT2D eigenvalue weighted by Gasteiger charge is 2.30. The first kappa shape index (κ1) is 10.5. The maximum absolute atomic E-state index is 12.5. The first-order valence-electron chi connectivity index (χ1n) is 5.68.